The Morgan fingerprint density at radius 1 is 1.67 bits per heavy atom. The van der Waals surface area contributed by atoms with E-state index < -0.39 is 8.03 Å². The summed E-state index contributed by atoms with van der Waals surface area (Å²) in [5.41, 5.74) is 0. The molecule has 0 aromatic heterocycles. The SMILES string of the molecule is CCC=C(CC)[PH](=O)O. The van der Waals surface area contributed by atoms with Gasteiger partial charge in [0.2, 0.25) is 8.03 Å². The molecule has 0 bridgehead atoms. The zero-order valence-corrected chi connectivity index (χ0v) is 6.85. The summed E-state index contributed by atoms with van der Waals surface area (Å²) in [6, 6.07) is 0. The standard InChI is InChI=1S/C6H13O2P/c1-3-5-6(4-2)9(7)8/h5,9H,3-4H2,1-2H3,(H,7,8). The first-order valence-electron chi connectivity index (χ1n) is 3.14. The summed E-state index contributed by atoms with van der Waals surface area (Å²) in [5.74, 6) is 0. The molecule has 0 fully saturated rings. The highest BCUT2D eigenvalue weighted by Gasteiger charge is 1.96. The lowest BCUT2D eigenvalue weighted by molar-refractivity contribution is 0.508. The van der Waals surface area contributed by atoms with Gasteiger partial charge in [-0.3, -0.25) is 4.57 Å². The third-order valence-electron chi connectivity index (χ3n) is 1.11. The third kappa shape index (κ3) is 3.50. The van der Waals surface area contributed by atoms with E-state index in [0.29, 0.717) is 11.7 Å². The first-order valence-corrected chi connectivity index (χ1v) is 4.50. The van der Waals surface area contributed by atoms with Crippen molar-refractivity contribution >= 4 is 8.03 Å². The molecule has 1 N–H and O–H groups in total. The van der Waals surface area contributed by atoms with Crippen LogP contribution in [0.1, 0.15) is 26.7 Å². The lowest BCUT2D eigenvalue weighted by Crippen LogP contribution is -1.71. The molecule has 2 nitrogen and oxygen atoms in total. The molecule has 0 aliphatic carbocycles. The maximum atomic E-state index is 10.4. The smallest absolute Gasteiger partial charge is 0.213 e. The van der Waals surface area contributed by atoms with Crippen molar-refractivity contribution in [2.45, 2.75) is 26.7 Å². The Kier molecular flexibility index (Phi) is 4.74. The maximum Gasteiger partial charge on any atom is 0.213 e. The molecule has 0 aliphatic rings. The number of hydrogen-bond donors (Lipinski definition) is 1. The van der Waals surface area contributed by atoms with Gasteiger partial charge in [0.15, 0.2) is 0 Å². The molecule has 0 amide bonds. The number of rotatable bonds is 3. The highest BCUT2D eigenvalue weighted by molar-refractivity contribution is 7.43. The molecule has 0 aromatic rings. The maximum absolute atomic E-state index is 10.4. The highest BCUT2D eigenvalue weighted by Crippen LogP contribution is 2.29. The Balaban J connectivity index is 3.98. The van der Waals surface area contributed by atoms with Crippen LogP contribution in [0.4, 0.5) is 0 Å². The fraction of sp³-hybridized carbons (Fsp3) is 0.667. The molecule has 54 valence electrons. The zero-order valence-electron chi connectivity index (χ0n) is 5.85. The average Bonchev–Trinajstić information content (AvgIpc) is 1.82. The molecule has 0 heterocycles. The van der Waals surface area contributed by atoms with Crippen LogP contribution in [-0.4, -0.2) is 4.89 Å². The summed E-state index contributed by atoms with van der Waals surface area (Å²) in [4.78, 5) is 8.62. The van der Waals surface area contributed by atoms with Crippen molar-refractivity contribution < 1.29 is 9.46 Å². The molecule has 0 radical (unpaired) electrons. The van der Waals surface area contributed by atoms with E-state index in [-0.39, 0.29) is 0 Å². The fourth-order valence-corrected chi connectivity index (χ4v) is 1.31. The molecule has 0 spiro atoms. The molecule has 0 saturated carbocycles. The van der Waals surface area contributed by atoms with Crippen LogP contribution in [0.5, 0.6) is 0 Å². The van der Waals surface area contributed by atoms with Gasteiger partial charge >= 0.3 is 0 Å². The van der Waals surface area contributed by atoms with Crippen LogP contribution in [0, 0.1) is 0 Å². The van der Waals surface area contributed by atoms with Crippen molar-refractivity contribution in [3.05, 3.63) is 11.4 Å². The molecule has 0 aromatic carbocycles. The quantitative estimate of drug-likeness (QED) is 0.622. The number of allylic oxidation sites excluding steroid dienone is 2. The van der Waals surface area contributed by atoms with Gasteiger partial charge in [-0.15, -0.1) is 0 Å². The van der Waals surface area contributed by atoms with Crippen molar-refractivity contribution in [3.8, 4) is 0 Å². The zero-order chi connectivity index (χ0) is 7.28. The van der Waals surface area contributed by atoms with E-state index in [2.05, 4.69) is 0 Å². The predicted octanol–water partition coefficient (Wildman–Crippen LogP) is 2.16. The van der Waals surface area contributed by atoms with Gasteiger partial charge < -0.3 is 4.89 Å². The Morgan fingerprint density at radius 2 is 2.22 bits per heavy atom. The van der Waals surface area contributed by atoms with Crippen molar-refractivity contribution in [3.63, 3.8) is 0 Å². The predicted molar refractivity (Wildman–Crippen MR) is 39.9 cm³/mol. The summed E-state index contributed by atoms with van der Waals surface area (Å²) >= 11 is 0. The van der Waals surface area contributed by atoms with E-state index in [1.165, 1.54) is 0 Å². The van der Waals surface area contributed by atoms with Crippen LogP contribution in [-0.2, 0) is 4.57 Å². The van der Waals surface area contributed by atoms with Crippen LogP contribution in [0.3, 0.4) is 0 Å². The average molecular weight is 148 g/mol. The van der Waals surface area contributed by atoms with Crippen LogP contribution in [0.25, 0.3) is 0 Å². The van der Waals surface area contributed by atoms with Crippen molar-refractivity contribution in [2.24, 2.45) is 0 Å². The van der Waals surface area contributed by atoms with Gasteiger partial charge in [0.05, 0.1) is 0 Å². The minimum Gasteiger partial charge on any atom is -0.343 e. The first-order chi connectivity index (χ1) is 4.22. The molecule has 9 heavy (non-hydrogen) atoms. The minimum atomic E-state index is -2.38. The molecular formula is C6H13O2P. The van der Waals surface area contributed by atoms with Crippen LogP contribution in [0.2, 0.25) is 0 Å². The fourth-order valence-electron chi connectivity index (χ4n) is 0.629. The van der Waals surface area contributed by atoms with E-state index in [4.69, 9.17) is 4.89 Å². The van der Waals surface area contributed by atoms with Crippen molar-refractivity contribution in [1.29, 1.82) is 0 Å². The van der Waals surface area contributed by atoms with Crippen LogP contribution < -0.4 is 0 Å². The summed E-state index contributed by atoms with van der Waals surface area (Å²) in [6.45, 7) is 3.85. The third-order valence-corrected chi connectivity index (χ3v) is 2.21. The Hall–Kier alpha value is -0.0700. The van der Waals surface area contributed by atoms with Crippen molar-refractivity contribution in [2.75, 3.05) is 0 Å². The Labute approximate surface area is 56.5 Å². The van der Waals surface area contributed by atoms with Crippen molar-refractivity contribution in [1.82, 2.24) is 0 Å². The van der Waals surface area contributed by atoms with E-state index in [1.54, 1.807) is 0 Å². The molecule has 0 saturated heterocycles. The van der Waals surface area contributed by atoms with E-state index in [9.17, 15) is 4.57 Å². The Bertz CT molecular complexity index is 129. The van der Waals surface area contributed by atoms with Crippen LogP contribution in [0.15, 0.2) is 11.4 Å². The second-order valence-corrected chi connectivity index (χ2v) is 3.05. The highest BCUT2D eigenvalue weighted by atomic mass is 31.1. The van der Waals surface area contributed by atoms with Gasteiger partial charge in [0.25, 0.3) is 0 Å². The van der Waals surface area contributed by atoms with Gasteiger partial charge in [-0.25, -0.2) is 0 Å². The molecule has 1 unspecified atom stereocenters. The number of hydrogen-bond acceptors (Lipinski definition) is 1. The van der Waals surface area contributed by atoms with E-state index in [1.807, 2.05) is 19.9 Å². The summed E-state index contributed by atoms with van der Waals surface area (Å²) in [6.07, 6.45) is 3.36. The molecule has 0 aliphatic heterocycles. The lowest BCUT2D eigenvalue weighted by Gasteiger charge is -1.95. The summed E-state index contributed by atoms with van der Waals surface area (Å²) in [7, 11) is -2.38. The minimum absolute atomic E-state index is 0.697. The van der Waals surface area contributed by atoms with E-state index >= 15 is 0 Å². The monoisotopic (exact) mass is 148 g/mol. The second-order valence-electron chi connectivity index (χ2n) is 1.80. The lowest BCUT2D eigenvalue weighted by atomic mass is 10.3. The van der Waals surface area contributed by atoms with E-state index in [0.717, 1.165) is 6.42 Å². The van der Waals surface area contributed by atoms with Gasteiger partial charge in [0.1, 0.15) is 0 Å². The van der Waals surface area contributed by atoms with Gasteiger partial charge in [0, 0.05) is 5.31 Å². The molecule has 3 heteroatoms. The van der Waals surface area contributed by atoms with Crippen LogP contribution >= 0.6 is 8.03 Å². The molecule has 1 atom stereocenters. The molecular weight excluding hydrogens is 135 g/mol. The topological polar surface area (TPSA) is 37.3 Å². The molecule has 0 rings (SSSR count). The second kappa shape index (κ2) is 4.78. The van der Waals surface area contributed by atoms with Gasteiger partial charge in [-0.05, 0) is 12.8 Å². The Morgan fingerprint density at radius 3 is 2.33 bits per heavy atom. The summed E-state index contributed by atoms with van der Waals surface area (Å²) < 4.78 is 10.4. The summed E-state index contributed by atoms with van der Waals surface area (Å²) in [5, 5.41) is 0.697. The largest absolute Gasteiger partial charge is 0.343 e. The van der Waals surface area contributed by atoms with Gasteiger partial charge in [-0.1, -0.05) is 19.9 Å². The normalized spacial score (nSPS) is 15.7. The van der Waals surface area contributed by atoms with Gasteiger partial charge in [-0.2, -0.15) is 0 Å². The first kappa shape index (κ1) is 8.93.